The molecule has 250 valence electrons. The minimum Gasteiger partial charge on any atom is -0.480 e. The minimum atomic E-state index is -3.52. The maximum absolute atomic E-state index is 13.2. The Morgan fingerprint density at radius 3 is 2.12 bits per heavy atom. The van der Waals surface area contributed by atoms with Crippen molar-refractivity contribution in [1.82, 2.24) is 25.2 Å². The number of likely N-dealkylation sites (N-methyl/N-ethyl adjacent to an activating group) is 1. The second kappa shape index (κ2) is 17.2. The number of hydrogen-bond donors (Lipinski definition) is 4. The van der Waals surface area contributed by atoms with Gasteiger partial charge in [-0.3, -0.25) is 9.59 Å². The van der Waals surface area contributed by atoms with Gasteiger partial charge in [0.2, 0.25) is 21.8 Å². The van der Waals surface area contributed by atoms with Crippen LogP contribution in [-0.2, 0) is 24.4 Å². The maximum Gasteiger partial charge on any atom is 0.329 e. The van der Waals surface area contributed by atoms with Crippen LogP contribution in [0.4, 0.5) is 4.79 Å². The number of nitrogens with zero attached hydrogens (tertiary/aromatic N) is 2. The van der Waals surface area contributed by atoms with Gasteiger partial charge in [0.05, 0.1) is 11.8 Å². The minimum absolute atomic E-state index is 0.0565. The number of hydrogen-bond acceptors (Lipinski definition) is 6. The Hall–Kier alpha value is -2.41. The van der Waals surface area contributed by atoms with E-state index in [2.05, 4.69) is 22.9 Å². The number of unbranched alkanes of at least 4 members (excludes halogenated alkanes) is 6. The normalized spacial score (nSPS) is 17.9. The molecule has 1 rings (SSSR count). The van der Waals surface area contributed by atoms with E-state index in [1.54, 1.807) is 13.8 Å². The zero-order valence-corrected chi connectivity index (χ0v) is 28.4. The molecule has 1 fully saturated rings. The van der Waals surface area contributed by atoms with E-state index in [4.69, 9.17) is 0 Å². The summed E-state index contributed by atoms with van der Waals surface area (Å²) in [4.78, 5) is 52.5. The average molecular weight is 632 g/mol. The average Bonchev–Trinajstić information content (AvgIpc) is 3.40. The Morgan fingerprint density at radius 2 is 1.58 bits per heavy atom. The highest BCUT2D eigenvalue weighted by atomic mass is 32.2. The van der Waals surface area contributed by atoms with Gasteiger partial charge in [0.25, 0.3) is 0 Å². The number of amides is 4. The second-order valence-corrected chi connectivity index (χ2v) is 16.0. The number of carboxylic acids is 1. The number of nitrogens with one attached hydrogen (secondary N) is 3. The first-order chi connectivity index (χ1) is 19.9. The zero-order valence-electron chi connectivity index (χ0n) is 27.6. The first-order valence-electron chi connectivity index (χ1n) is 15.7. The summed E-state index contributed by atoms with van der Waals surface area (Å²) in [6, 6.07) is -1.99. The predicted octanol–water partition coefficient (Wildman–Crippen LogP) is 3.46. The van der Waals surface area contributed by atoms with Crippen molar-refractivity contribution < 1.29 is 32.7 Å². The van der Waals surface area contributed by atoms with Crippen LogP contribution in [0.3, 0.4) is 0 Å². The molecule has 1 saturated heterocycles. The molecule has 43 heavy (non-hydrogen) atoms. The summed E-state index contributed by atoms with van der Waals surface area (Å²) in [6.45, 7) is 12.5. The molecule has 0 saturated carbocycles. The lowest BCUT2D eigenvalue weighted by molar-refractivity contribution is -0.148. The van der Waals surface area contributed by atoms with Gasteiger partial charge in [-0.15, -0.1) is 0 Å². The van der Waals surface area contributed by atoms with Crippen LogP contribution in [0.25, 0.3) is 0 Å². The summed E-state index contributed by atoms with van der Waals surface area (Å²) in [6.07, 6.45) is 8.52. The molecular formula is C30H57N5O7S. The zero-order chi connectivity index (χ0) is 33.0. The summed E-state index contributed by atoms with van der Waals surface area (Å²) in [5.41, 5.74) is -1.92. The van der Waals surface area contributed by atoms with Gasteiger partial charge in [-0.05, 0) is 45.4 Å². The number of likely N-dealkylation sites (tertiary alicyclic amines) is 1. The summed E-state index contributed by atoms with van der Waals surface area (Å²) >= 11 is 0. The number of rotatable bonds is 18. The fourth-order valence-electron chi connectivity index (χ4n) is 5.08. The van der Waals surface area contributed by atoms with Gasteiger partial charge < -0.3 is 26.0 Å². The quantitative estimate of drug-likeness (QED) is 0.168. The third kappa shape index (κ3) is 12.2. The second-order valence-electron chi connectivity index (χ2n) is 13.4. The highest BCUT2D eigenvalue weighted by molar-refractivity contribution is 7.89. The number of aliphatic carboxylic acids is 1. The van der Waals surface area contributed by atoms with Gasteiger partial charge in [0.15, 0.2) is 0 Å². The molecule has 0 aliphatic carbocycles. The predicted molar refractivity (Wildman–Crippen MR) is 168 cm³/mol. The Kier molecular flexibility index (Phi) is 15.4. The molecule has 1 unspecified atom stereocenters. The van der Waals surface area contributed by atoms with E-state index in [0.717, 1.165) is 25.7 Å². The molecule has 0 aromatic rings. The van der Waals surface area contributed by atoms with Gasteiger partial charge in [0.1, 0.15) is 11.6 Å². The molecule has 1 aliphatic heterocycles. The third-order valence-electron chi connectivity index (χ3n) is 8.25. The van der Waals surface area contributed by atoms with Crippen molar-refractivity contribution >= 4 is 33.8 Å². The highest BCUT2D eigenvalue weighted by Crippen LogP contribution is 2.23. The van der Waals surface area contributed by atoms with Crippen LogP contribution in [0.15, 0.2) is 0 Å². The van der Waals surface area contributed by atoms with Crippen LogP contribution in [0.1, 0.15) is 113 Å². The van der Waals surface area contributed by atoms with E-state index in [1.165, 1.54) is 36.0 Å². The molecular weight excluding hydrogens is 574 g/mol. The summed E-state index contributed by atoms with van der Waals surface area (Å²) in [5.74, 6) is -2.07. The monoisotopic (exact) mass is 631 g/mol. The first kappa shape index (κ1) is 38.6. The Balaban J connectivity index is 2.74. The van der Waals surface area contributed by atoms with Crippen LogP contribution < -0.4 is 16.0 Å². The fourth-order valence-corrected chi connectivity index (χ4v) is 6.15. The van der Waals surface area contributed by atoms with Crippen LogP contribution >= 0.6 is 0 Å². The summed E-state index contributed by atoms with van der Waals surface area (Å²) in [7, 11) is -2.05. The molecule has 1 aliphatic rings. The number of carbonyl (C=O) groups is 4. The van der Waals surface area contributed by atoms with Gasteiger partial charge >= 0.3 is 12.0 Å². The molecule has 0 aromatic heterocycles. The van der Waals surface area contributed by atoms with E-state index >= 15 is 0 Å². The summed E-state index contributed by atoms with van der Waals surface area (Å²) < 4.78 is 26.3. The lowest BCUT2D eigenvalue weighted by atomic mass is 9.87. The Bertz CT molecular complexity index is 1040. The molecule has 0 aromatic carbocycles. The van der Waals surface area contributed by atoms with Crippen molar-refractivity contribution in [2.75, 3.05) is 26.7 Å². The van der Waals surface area contributed by atoms with Gasteiger partial charge in [0, 0.05) is 26.2 Å². The number of urea groups is 1. The van der Waals surface area contributed by atoms with Gasteiger partial charge in [-0.1, -0.05) is 72.6 Å². The van der Waals surface area contributed by atoms with E-state index in [0.29, 0.717) is 32.2 Å². The molecule has 4 amide bonds. The lowest BCUT2D eigenvalue weighted by Crippen LogP contribution is -2.58. The molecule has 13 heteroatoms. The molecule has 4 N–H and O–H groups in total. The van der Waals surface area contributed by atoms with Crippen molar-refractivity contribution in [2.45, 2.75) is 136 Å². The topological polar surface area (TPSA) is 165 Å². The standard InChI is InChI=1S/C30H57N5O7S/c1-9-10-11-12-13-14-15-18-30(7,27(38)39)33-26(37)23-17-16-19-35(23)25(36)20-31-28(40)32-24(29(4,5)6)21-34(8)43(41,42)22(2)3/h22-24H,9-21H2,1-8H3,(H,33,37)(H,38,39)(H2,31,32,40)/t23-,24?,30-/m0/s1. The van der Waals surface area contributed by atoms with Crippen molar-refractivity contribution in [1.29, 1.82) is 0 Å². The first-order valence-corrected chi connectivity index (χ1v) is 17.2. The van der Waals surface area contributed by atoms with Gasteiger partial charge in [-0.25, -0.2) is 22.3 Å². The van der Waals surface area contributed by atoms with E-state index < -0.39 is 62.1 Å². The van der Waals surface area contributed by atoms with E-state index in [-0.39, 0.29) is 13.1 Å². The van der Waals surface area contributed by atoms with Crippen LogP contribution in [-0.4, -0.2) is 96.1 Å². The molecule has 0 spiro atoms. The number of sulfonamides is 1. The highest BCUT2D eigenvalue weighted by Gasteiger charge is 2.40. The van der Waals surface area contributed by atoms with Gasteiger partial charge in [-0.2, -0.15) is 0 Å². The van der Waals surface area contributed by atoms with Crippen LogP contribution in [0.2, 0.25) is 0 Å². The Morgan fingerprint density at radius 1 is 1.00 bits per heavy atom. The molecule has 3 atom stereocenters. The molecule has 0 bridgehead atoms. The van der Waals surface area contributed by atoms with E-state index in [9.17, 15) is 32.7 Å². The molecule has 12 nitrogen and oxygen atoms in total. The largest absolute Gasteiger partial charge is 0.480 e. The number of carbonyl (C=O) groups excluding carboxylic acids is 3. The van der Waals surface area contributed by atoms with Crippen LogP contribution in [0.5, 0.6) is 0 Å². The van der Waals surface area contributed by atoms with Crippen molar-refractivity contribution in [2.24, 2.45) is 5.41 Å². The number of carboxylic acid groups (broad SMARTS) is 1. The maximum atomic E-state index is 13.2. The SMILES string of the molecule is CCCCCCCCC[C@](C)(NC(=O)[C@@H]1CCCN1C(=O)CNC(=O)NC(CN(C)S(=O)(=O)C(C)C)C(C)(C)C)C(=O)O. The fraction of sp³-hybridized carbons (Fsp3) is 0.867. The molecule has 1 heterocycles. The van der Waals surface area contributed by atoms with Crippen LogP contribution in [0, 0.1) is 5.41 Å². The smallest absolute Gasteiger partial charge is 0.329 e. The van der Waals surface area contributed by atoms with Crippen molar-refractivity contribution in [3.8, 4) is 0 Å². The summed E-state index contributed by atoms with van der Waals surface area (Å²) in [5, 5.41) is 17.3. The van der Waals surface area contributed by atoms with E-state index in [1.807, 2.05) is 20.8 Å². The third-order valence-corrected chi connectivity index (χ3v) is 10.5. The lowest BCUT2D eigenvalue weighted by Gasteiger charge is -2.35. The molecule has 0 radical (unpaired) electrons. The van der Waals surface area contributed by atoms with Crippen molar-refractivity contribution in [3.63, 3.8) is 0 Å². The van der Waals surface area contributed by atoms with Crippen molar-refractivity contribution in [3.05, 3.63) is 0 Å². The Labute approximate surface area is 259 Å².